The summed E-state index contributed by atoms with van der Waals surface area (Å²) in [6, 6.07) is 0. The van der Waals surface area contributed by atoms with Crippen molar-refractivity contribution >= 4 is 0 Å². The summed E-state index contributed by atoms with van der Waals surface area (Å²) >= 11 is 0. The van der Waals surface area contributed by atoms with E-state index in [-0.39, 0.29) is 0 Å². The zero-order valence-electron chi connectivity index (χ0n) is 18.9. The minimum Gasteiger partial charge on any atom is -0.393 e. The molecule has 0 aromatic carbocycles. The average molecular weight is 411 g/mol. The van der Waals surface area contributed by atoms with Crippen LogP contribution in [0.4, 0.5) is 0 Å². The monoisotopic (exact) mass is 410 g/mol. The maximum Gasteiger partial charge on any atom is 0.0811 e. The SMILES string of the molecule is C=C1/C(=C\C=C2/CCC[C@@]3(C)[C@H]2CC[C@@]32C[C@H]2C#CCC(C)(C)O)C[C@@H](O)C[C@@H]1O. The maximum absolute atomic E-state index is 10.1. The fourth-order valence-electron chi connectivity index (χ4n) is 6.66. The molecular formula is C27H38O3. The third-order valence-electron chi connectivity index (χ3n) is 8.53. The lowest BCUT2D eigenvalue weighted by Gasteiger charge is -2.43. The Morgan fingerprint density at radius 2 is 2.00 bits per heavy atom. The molecule has 0 amide bonds. The van der Waals surface area contributed by atoms with Crippen LogP contribution < -0.4 is 0 Å². The molecule has 0 bridgehead atoms. The van der Waals surface area contributed by atoms with Gasteiger partial charge in [0.15, 0.2) is 0 Å². The standard InChI is InChI=1S/C27H38O3/c1-18-20(15-22(28)16-24(18)29)10-9-19-7-5-13-26(4)23(19)11-14-27(26)17-21(27)8-6-12-25(2,3)30/h9-10,21-24,28-30H,1,5,7,11-17H2,2-4H3/b19-9+,20-10-/t21-,22-,23+,24+,26+,27+/m1/s1. The Morgan fingerprint density at radius 3 is 2.73 bits per heavy atom. The topological polar surface area (TPSA) is 60.7 Å². The molecule has 4 aliphatic rings. The van der Waals surface area contributed by atoms with Crippen LogP contribution in [0.1, 0.15) is 78.6 Å². The van der Waals surface area contributed by atoms with Gasteiger partial charge in [0.1, 0.15) is 0 Å². The lowest BCUT2D eigenvalue weighted by Crippen LogP contribution is -2.35. The molecule has 30 heavy (non-hydrogen) atoms. The summed E-state index contributed by atoms with van der Waals surface area (Å²) in [4.78, 5) is 0. The number of rotatable bonds is 2. The van der Waals surface area contributed by atoms with E-state index in [0.717, 1.165) is 17.6 Å². The van der Waals surface area contributed by atoms with Crippen LogP contribution in [0.5, 0.6) is 0 Å². The van der Waals surface area contributed by atoms with Crippen LogP contribution >= 0.6 is 0 Å². The Morgan fingerprint density at radius 1 is 1.23 bits per heavy atom. The predicted molar refractivity (Wildman–Crippen MR) is 120 cm³/mol. The first-order valence-electron chi connectivity index (χ1n) is 11.7. The van der Waals surface area contributed by atoms with Crippen molar-refractivity contribution in [1.29, 1.82) is 0 Å². The van der Waals surface area contributed by atoms with Gasteiger partial charge in [-0.25, -0.2) is 0 Å². The van der Waals surface area contributed by atoms with Gasteiger partial charge in [-0.2, -0.15) is 0 Å². The van der Waals surface area contributed by atoms with E-state index in [0.29, 0.717) is 41.9 Å². The molecule has 4 aliphatic carbocycles. The number of fused-ring (bicyclic) bond motifs is 2. The third kappa shape index (κ3) is 3.83. The average Bonchev–Trinajstić information content (AvgIpc) is 3.27. The van der Waals surface area contributed by atoms with Crippen LogP contribution in [0.3, 0.4) is 0 Å². The van der Waals surface area contributed by atoms with Crippen molar-refractivity contribution in [2.45, 2.75) is 96.4 Å². The Labute approximate surface area is 182 Å². The van der Waals surface area contributed by atoms with Gasteiger partial charge in [-0.3, -0.25) is 0 Å². The van der Waals surface area contributed by atoms with Gasteiger partial charge in [0.25, 0.3) is 0 Å². The highest BCUT2D eigenvalue weighted by atomic mass is 16.3. The molecule has 4 rings (SSSR count). The zero-order chi connectivity index (χ0) is 21.7. The molecule has 1 spiro atoms. The van der Waals surface area contributed by atoms with E-state index < -0.39 is 17.8 Å². The number of aliphatic hydroxyl groups excluding tert-OH is 2. The van der Waals surface area contributed by atoms with Crippen LogP contribution in [-0.2, 0) is 0 Å². The summed E-state index contributed by atoms with van der Waals surface area (Å²) in [5, 5.41) is 30.1. The first kappa shape index (κ1) is 21.9. The quantitative estimate of drug-likeness (QED) is 0.579. The molecule has 6 atom stereocenters. The number of hydrogen-bond acceptors (Lipinski definition) is 3. The van der Waals surface area contributed by atoms with Gasteiger partial charge in [0.05, 0.1) is 17.8 Å². The minimum atomic E-state index is -0.713. The molecule has 0 radical (unpaired) electrons. The third-order valence-corrected chi connectivity index (χ3v) is 8.53. The highest BCUT2D eigenvalue weighted by molar-refractivity contribution is 5.39. The first-order valence-corrected chi connectivity index (χ1v) is 11.7. The number of hydrogen-bond donors (Lipinski definition) is 3. The Hall–Kier alpha value is -1.34. The van der Waals surface area contributed by atoms with E-state index in [4.69, 9.17) is 0 Å². The molecular weight excluding hydrogens is 372 g/mol. The second-order valence-corrected chi connectivity index (χ2v) is 11.2. The van der Waals surface area contributed by atoms with Gasteiger partial charge >= 0.3 is 0 Å². The molecule has 164 valence electrons. The molecule has 0 aliphatic heterocycles. The highest BCUT2D eigenvalue weighted by Crippen LogP contribution is 2.76. The van der Waals surface area contributed by atoms with Crippen molar-refractivity contribution in [2.75, 3.05) is 0 Å². The largest absolute Gasteiger partial charge is 0.393 e. The second kappa shape index (κ2) is 7.66. The Balaban J connectivity index is 1.52. The van der Waals surface area contributed by atoms with E-state index in [9.17, 15) is 15.3 Å². The van der Waals surface area contributed by atoms with E-state index in [1.165, 1.54) is 37.7 Å². The van der Waals surface area contributed by atoms with Gasteiger partial charge in [-0.05, 0) is 86.7 Å². The van der Waals surface area contributed by atoms with Crippen LogP contribution in [0.2, 0.25) is 0 Å². The summed E-state index contributed by atoms with van der Waals surface area (Å²) in [5.74, 6) is 7.86. The maximum atomic E-state index is 10.1. The minimum absolute atomic E-state index is 0.312. The van der Waals surface area contributed by atoms with Crippen molar-refractivity contribution in [1.82, 2.24) is 0 Å². The van der Waals surface area contributed by atoms with Crippen LogP contribution in [-0.4, -0.2) is 33.1 Å². The molecule has 3 heteroatoms. The van der Waals surface area contributed by atoms with Crippen LogP contribution in [0, 0.1) is 34.5 Å². The van der Waals surface area contributed by atoms with E-state index >= 15 is 0 Å². The van der Waals surface area contributed by atoms with Crippen LogP contribution in [0.15, 0.2) is 35.5 Å². The summed E-state index contributed by atoms with van der Waals surface area (Å²) in [6.45, 7) is 10.2. The molecule has 3 nitrogen and oxygen atoms in total. The summed E-state index contributed by atoms with van der Waals surface area (Å²) < 4.78 is 0. The fourth-order valence-corrected chi connectivity index (χ4v) is 6.66. The Kier molecular flexibility index (Phi) is 5.59. The lowest BCUT2D eigenvalue weighted by atomic mass is 9.61. The molecule has 0 unspecified atom stereocenters. The van der Waals surface area contributed by atoms with Gasteiger partial charge < -0.3 is 15.3 Å². The highest BCUT2D eigenvalue weighted by Gasteiger charge is 2.69. The van der Waals surface area contributed by atoms with E-state index in [1.54, 1.807) is 0 Å². The van der Waals surface area contributed by atoms with Gasteiger partial charge in [-0.15, -0.1) is 5.92 Å². The molecule has 0 heterocycles. The summed E-state index contributed by atoms with van der Waals surface area (Å²) in [6.07, 6.45) is 12.2. The molecule has 4 fully saturated rings. The predicted octanol–water partition coefficient (Wildman–Crippen LogP) is 4.68. The zero-order valence-corrected chi connectivity index (χ0v) is 18.9. The molecule has 0 saturated heterocycles. The number of allylic oxidation sites excluding steroid dienone is 3. The van der Waals surface area contributed by atoms with Gasteiger partial charge in [0, 0.05) is 18.8 Å². The van der Waals surface area contributed by atoms with Crippen molar-refractivity contribution in [3.63, 3.8) is 0 Å². The Bertz CT molecular complexity index is 832. The second-order valence-electron chi connectivity index (χ2n) is 11.2. The summed E-state index contributed by atoms with van der Waals surface area (Å²) in [7, 11) is 0. The van der Waals surface area contributed by atoms with E-state index in [1.807, 2.05) is 13.8 Å². The fraction of sp³-hybridized carbons (Fsp3) is 0.704. The molecule has 0 aromatic heterocycles. The normalized spacial score (nSPS) is 43.6. The van der Waals surface area contributed by atoms with Crippen molar-refractivity contribution < 1.29 is 15.3 Å². The van der Waals surface area contributed by atoms with Crippen molar-refractivity contribution in [3.8, 4) is 11.8 Å². The smallest absolute Gasteiger partial charge is 0.0811 e. The molecule has 0 aromatic rings. The number of aliphatic hydroxyl groups is 3. The van der Waals surface area contributed by atoms with Crippen molar-refractivity contribution in [2.24, 2.45) is 22.7 Å². The van der Waals surface area contributed by atoms with Crippen molar-refractivity contribution in [3.05, 3.63) is 35.5 Å². The molecule has 3 N–H and O–H groups in total. The van der Waals surface area contributed by atoms with E-state index in [2.05, 4.69) is 37.5 Å². The van der Waals surface area contributed by atoms with Gasteiger partial charge in [0.2, 0.25) is 0 Å². The lowest BCUT2D eigenvalue weighted by molar-refractivity contribution is 0.0854. The molecule has 4 saturated carbocycles. The first-order chi connectivity index (χ1) is 14.1. The van der Waals surface area contributed by atoms with Crippen LogP contribution in [0.25, 0.3) is 0 Å². The van der Waals surface area contributed by atoms with Gasteiger partial charge in [-0.1, -0.05) is 37.1 Å². The summed E-state index contributed by atoms with van der Waals surface area (Å²) in [5.41, 5.74) is 3.25.